The van der Waals surface area contributed by atoms with Crippen LogP contribution in [0.2, 0.25) is 5.02 Å². The highest BCUT2D eigenvalue weighted by molar-refractivity contribution is 6.30. The lowest BCUT2D eigenvalue weighted by molar-refractivity contribution is -0.385. The molecule has 6 heteroatoms. The first-order chi connectivity index (χ1) is 9.56. The fourth-order valence-corrected chi connectivity index (χ4v) is 2.01. The molecule has 0 aliphatic heterocycles. The van der Waals surface area contributed by atoms with Crippen LogP contribution in [-0.2, 0) is 13.1 Å². The van der Waals surface area contributed by atoms with Crippen molar-refractivity contribution in [2.24, 2.45) is 0 Å². The van der Waals surface area contributed by atoms with Crippen LogP contribution < -0.4 is 5.32 Å². The fraction of sp³-hybridized carbons (Fsp3) is 0.143. The Morgan fingerprint density at radius 2 is 2.00 bits per heavy atom. The van der Waals surface area contributed by atoms with Crippen LogP contribution in [0.15, 0.2) is 42.5 Å². The van der Waals surface area contributed by atoms with Gasteiger partial charge in [-0.3, -0.25) is 10.1 Å². The summed E-state index contributed by atoms with van der Waals surface area (Å²) in [6.07, 6.45) is 0. The van der Waals surface area contributed by atoms with Crippen molar-refractivity contribution >= 4 is 17.3 Å². The van der Waals surface area contributed by atoms with E-state index in [9.17, 15) is 14.5 Å². The predicted molar refractivity (Wildman–Crippen MR) is 75.1 cm³/mol. The molecule has 0 bridgehead atoms. The number of nitrogens with one attached hydrogen (secondary N) is 1. The number of hydrogen-bond acceptors (Lipinski definition) is 3. The van der Waals surface area contributed by atoms with Crippen molar-refractivity contribution in [1.82, 2.24) is 5.32 Å². The molecule has 0 saturated heterocycles. The minimum absolute atomic E-state index is 0.0238. The summed E-state index contributed by atoms with van der Waals surface area (Å²) >= 11 is 5.74. The quantitative estimate of drug-likeness (QED) is 0.676. The highest BCUT2D eigenvalue weighted by Gasteiger charge is 2.13. The van der Waals surface area contributed by atoms with Gasteiger partial charge in [0.2, 0.25) is 0 Å². The van der Waals surface area contributed by atoms with Crippen LogP contribution in [-0.4, -0.2) is 4.92 Å². The van der Waals surface area contributed by atoms with E-state index in [1.807, 2.05) is 0 Å². The third-order valence-corrected chi connectivity index (χ3v) is 3.01. The van der Waals surface area contributed by atoms with Crippen molar-refractivity contribution in [3.05, 3.63) is 74.5 Å². The van der Waals surface area contributed by atoms with E-state index in [4.69, 9.17) is 11.6 Å². The summed E-state index contributed by atoms with van der Waals surface area (Å²) in [4.78, 5) is 10.5. The van der Waals surface area contributed by atoms with Crippen molar-refractivity contribution in [2.45, 2.75) is 13.1 Å². The van der Waals surface area contributed by atoms with E-state index in [0.717, 1.165) is 5.56 Å². The van der Waals surface area contributed by atoms with Gasteiger partial charge in [-0.15, -0.1) is 0 Å². The van der Waals surface area contributed by atoms with Gasteiger partial charge in [0.05, 0.1) is 4.92 Å². The van der Waals surface area contributed by atoms with E-state index in [-0.39, 0.29) is 11.5 Å². The Bertz CT molecular complexity index is 634. The largest absolute Gasteiger partial charge is 0.308 e. The molecular weight excluding hydrogens is 283 g/mol. The molecule has 0 spiro atoms. The molecule has 0 unspecified atom stereocenters. The van der Waals surface area contributed by atoms with E-state index in [0.29, 0.717) is 23.7 Å². The third kappa shape index (κ3) is 3.76. The minimum atomic E-state index is -0.467. The molecule has 0 aliphatic carbocycles. The zero-order valence-corrected chi connectivity index (χ0v) is 11.2. The van der Waals surface area contributed by atoms with Gasteiger partial charge in [-0.2, -0.15) is 0 Å². The maximum absolute atomic E-state index is 13.0. The Morgan fingerprint density at radius 3 is 2.70 bits per heavy atom. The number of halogens is 2. The van der Waals surface area contributed by atoms with E-state index in [2.05, 4.69) is 5.32 Å². The maximum atomic E-state index is 13.0. The molecular formula is C14H12ClFN2O2. The van der Waals surface area contributed by atoms with Gasteiger partial charge in [0.15, 0.2) is 0 Å². The molecule has 2 aromatic rings. The van der Waals surface area contributed by atoms with Gasteiger partial charge in [-0.1, -0.05) is 23.7 Å². The zero-order valence-electron chi connectivity index (χ0n) is 10.5. The van der Waals surface area contributed by atoms with Gasteiger partial charge in [-0.05, 0) is 29.8 Å². The highest BCUT2D eigenvalue weighted by Crippen LogP contribution is 2.23. The topological polar surface area (TPSA) is 55.2 Å². The van der Waals surface area contributed by atoms with Crippen molar-refractivity contribution < 1.29 is 9.31 Å². The highest BCUT2D eigenvalue weighted by atomic mass is 35.5. The number of benzene rings is 2. The molecule has 0 fully saturated rings. The van der Waals surface area contributed by atoms with Gasteiger partial charge in [0, 0.05) is 29.7 Å². The molecule has 104 valence electrons. The summed E-state index contributed by atoms with van der Waals surface area (Å²) in [7, 11) is 0. The summed E-state index contributed by atoms with van der Waals surface area (Å²) in [6, 6.07) is 10.7. The first-order valence-electron chi connectivity index (χ1n) is 5.94. The molecule has 4 nitrogen and oxygen atoms in total. The lowest BCUT2D eigenvalue weighted by Crippen LogP contribution is -2.14. The van der Waals surface area contributed by atoms with Crippen LogP contribution >= 0.6 is 11.6 Å². The number of hydrogen-bond donors (Lipinski definition) is 1. The smallest absolute Gasteiger partial charge is 0.275 e. The number of nitro benzene ring substituents is 1. The van der Waals surface area contributed by atoms with E-state index < -0.39 is 4.92 Å². The monoisotopic (exact) mass is 294 g/mol. The zero-order chi connectivity index (χ0) is 14.5. The Labute approximate surface area is 120 Å². The molecule has 0 radical (unpaired) electrons. The second kappa shape index (κ2) is 6.45. The van der Waals surface area contributed by atoms with Gasteiger partial charge < -0.3 is 5.32 Å². The third-order valence-electron chi connectivity index (χ3n) is 2.78. The Kier molecular flexibility index (Phi) is 4.65. The number of nitro groups is 1. The van der Waals surface area contributed by atoms with Gasteiger partial charge >= 0.3 is 0 Å². The molecule has 0 atom stereocenters. The molecule has 0 amide bonds. The van der Waals surface area contributed by atoms with Crippen molar-refractivity contribution in [1.29, 1.82) is 0 Å². The van der Waals surface area contributed by atoms with E-state index in [1.165, 1.54) is 18.2 Å². The lowest BCUT2D eigenvalue weighted by Gasteiger charge is -2.06. The van der Waals surface area contributed by atoms with Crippen molar-refractivity contribution in [2.75, 3.05) is 0 Å². The number of nitrogens with zero attached hydrogens (tertiary/aromatic N) is 1. The first kappa shape index (κ1) is 14.4. The Balaban J connectivity index is 2.02. The second-order valence-electron chi connectivity index (χ2n) is 4.26. The molecule has 2 aromatic carbocycles. The van der Waals surface area contributed by atoms with Crippen LogP contribution in [0.25, 0.3) is 0 Å². The standard InChI is InChI=1S/C14H12ClFN2O2/c15-12-5-4-11(14(7-12)18(19)20)9-17-8-10-2-1-3-13(16)6-10/h1-7,17H,8-9H2. The normalized spacial score (nSPS) is 10.5. The summed E-state index contributed by atoms with van der Waals surface area (Å²) in [5.41, 5.74) is 1.29. The molecule has 20 heavy (non-hydrogen) atoms. The molecule has 1 N–H and O–H groups in total. The molecule has 0 saturated carbocycles. The maximum Gasteiger partial charge on any atom is 0.275 e. The molecule has 0 aromatic heterocycles. The average Bonchev–Trinajstić information content (AvgIpc) is 2.40. The van der Waals surface area contributed by atoms with Crippen LogP contribution in [0.3, 0.4) is 0 Å². The summed E-state index contributed by atoms with van der Waals surface area (Å²) < 4.78 is 13.0. The van der Waals surface area contributed by atoms with Gasteiger partial charge in [0.1, 0.15) is 5.82 Å². The molecule has 0 aliphatic rings. The fourth-order valence-electron chi connectivity index (χ4n) is 1.84. The Morgan fingerprint density at radius 1 is 1.20 bits per heavy atom. The molecule has 2 rings (SSSR count). The Hall–Kier alpha value is -1.98. The SMILES string of the molecule is O=[N+]([O-])c1cc(Cl)ccc1CNCc1cccc(F)c1. The summed E-state index contributed by atoms with van der Waals surface area (Å²) in [5, 5.41) is 14.3. The summed E-state index contributed by atoms with van der Waals surface area (Å²) in [6.45, 7) is 0.738. The van der Waals surface area contributed by atoms with E-state index >= 15 is 0 Å². The van der Waals surface area contributed by atoms with Crippen LogP contribution in [0.4, 0.5) is 10.1 Å². The van der Waals surface area contributed by atoms with Gasteiger partial charge in [-0.25, -0.2) is 4.39 Å². The predicted octanol–water partition coefficient (Wildman–Crippen LogP) is 3.68. The van der Waals surface area contributed by atoms with Crippen molar-refractivity contribution in [3.63, 3.8) is 0 Å². The van der Waals surface area contributed by atoms with Crippen LogP contribution in [0.5, 0.6) is 0 Å². The summed E-state index contributed by atoms with van der Waals surface area (Å²) in [5.74, 6) is -0.304. The number of rotatable bonds is 5. The van der Waals surface area contributed by atoms with Crippen LogP contribution in [0, 0.1) is 15.9 Å². The van der Waals surface area contributed by atoms with Crippen molar-refractivity contribution in [3.8, 4) is 0 Å². The average molecular weight is 295 g/mol. The minimum Gasteiger partial charge on any atom is -0.308 e. The molecule has 0 heterocycles. The first-order valence-corrected chi connectivity index (χ1v) is 6.32. The van der Waals surface area contributed by atoms with Gasteiger partial charge in [0.25, 0.3) is 5.69 Å². The lowest BCUT2D eigenvalue weighted by atomic mass is 10.1. The van der Waals surface area contributed by atoms with E-state index in [1.54, 1.807) is 24.3 Å². The second-order valence-corrected chi connectivity index (χ2v) is 4.70. The van der Waals surface area contributed by atoms with Crippen LogP contribution in [0.1, 0.15) is 11.1 Å².